The first kappa shape index (κ1) is 10.0. The van der Waals surface area contributed by atoms with Gasteiger partial charge in [0.15, 0.2) is 0 Å². The lowest BCUT2D eigenvalue weighted by atomic mass is 9.76. The fourth-order valence-corrected chi connectivity index (χ4v) is 4.49. The zero-order valence-electron chi connectivity index (χ0n) is 9.35. The Morgan fingerprint density at radius 1 is 1.44 bits per heavy atom. The fourth-order valence-electron chi connectivity index (χ4n) is 4.49. The molecule has 0 saturated heterocycles. The van der Waals surface area contributed by atoms with Crippen molar-refractivity contribution in [2.75, 3.05) is 0 Å². The summed E-state index contributed by atoms with van der Waals surface area (Å²) in [6.07, 6.45) is 2.76. The highest BCUT2D eigenvalue weighted by molar-refractivity contribution is 5.95. The molecule has 3 aliphatic rings. The zero-order valence-corrected chi connectivity index (χ0v) is 9.35. The Labute approximate surface area is 94.8 Å². The van der Waals surface area contributed by atoms with E-state index in [0.717, 1.165) is 19.3 Å². The lowest BCUT2D eigenvalue weighted by Crippen LogP contribution is -2.30. The van der Waals surface area contributed by atoms with E-state index in [-0.39, 0.29) is 35.4 Å². The maximum atomic E-state index is 12.2. The predicted molar refractivity (Wildman–Crippen MR) is 56.1 cm³/mol. The maximum absolute atomic E-state index is 12.2. The number of ketones is 2. The molecule has 3 nitrogen and oxygen atoms in total. The Bertz CT molecular complexity index is 409. The molecular weight excluding hydrogens is 202 g/mol. The highest BCUT2D eigenvalue weighted by atomic mass is 16.1. The molecule has 0 amide bonds. The van der Waals surface area contributed by atoms with Crippen LogP contribution in [-0.4, -0.2) is 11.6 Å². The van der Waals surface area contributed by atoms with Crippen LogP contribution in [0.5, 0.6) is 0 Å². The standard InChI is InChI=1S/C13H15NO2/c1-6(15)10-9-3-2-7-4-8(5-14)11(10)12(7)13(9)16/h7-12H,2-4H2,1H3/t7?,8-,9+,10-,11-,12+/m1/s1. The highest BCUT2D eigenvalue weighted by Crippen LogP contribution is 2.59. The van der Waals surface area contributed by atoms with Crippen molar-refractivity contribution in [2.45, 2.75) is 26.2 Å². The largest absolute Gasteiger partial charge is 0.300 e. The smallest absolute Gasteiger partial charge is 0.140 e. The molecule has 6 atom stereocenters. The number of nitriles is 1. The van der Waals surface area contributed by atoms with E-state index in [1.54, 1.807) is 6.92 Å². The first-order valence-electron chi connectivity index (χ1n) is 6.09. The van der Waals surface area contributed by atoms with Gasteiger partial charge in [0, 0.05) is 17.8 Å². The van der Waals surface area contributed by atoms with Crippen LogP contribution in [0.3, 0.4) is 0 Å². The summed E-state index contributed by atoms with van der Waals surface area (Å²) in [7, 11) is 0. The molecule has 0 aromatic rings. The van der Waals surface area contributed by atoms with Crippen LogP contribution in [0.1, 0.15) is 26.2 Å². The minimum absolute atomic E-state index is 0.0392. The molecule has 0 N–H and O–H groups in total. The van der Waals surface area contributed by atoms with Crippen molar-refractivity contribution in [3.8, 4) is 6.07 Å². The minimum atomic E-state index is -0.144. The molecule has 16 heavy (non-hydrogen) atoms. The lowest BCUT2D eigenvalue weighted by Gasteiger charge is -2.26. The Hall–Kier alpha value is -1.17. The maximum Gasteiger partial charge on any atom is 0.140 e. The van der Waals surface area contributed by atoms with Crippen molar-refractivity contribution in [1.82, 2.24) is 0 Å². The van der Waals surface area contributed by atoms with Crippen LogP contribution >= 0.6 is 0 Å². The second kappa shape index (κ2) is 3.16. The lowest BCUT2D eigenvalue weighted by molar-refractivity contribution is -0.131. The van der Waals surface area contributed by atoms with E-state index < -0.39 is 0 Å². The van der Waals surface area contributed by atoms with Gasteiger partial charge in [0.1, 0.15) is 11.6 Å². The number of carbonyl (C=O) groups is 2. The normalized spacial score (nSPS) is 49.1. The Morgan fingerprint density at radius 3 is 2.81 bits per heavy atom. The number of fused-ring (bicyclic) bond motifs is 1. The van der Waals surface area contributed by atoms with E-state index in [0.29, 0.717) is 11.7 Å². The Morgan fingerprint density at radius 2 is 2.19 bits per heavy atom. The quantitative estimate of drug-likeness (QED) is 0.670. The summed E-state index contributed by atoms with van der Waals surface area (Å²) in [5.41, 5.74) is 0. The first-order valence-corrected chi connectivity index (χ1v) is 6.09. The number of hydrogen-bond acceptors (Lipinski definition) is 3. The van der Waals surface area contributed by atoms with Crippen LogP contribution in [0.2, 0.25) is 0 Å². The fraction of sp³-hybridized carbons (Fsp3) is 0.769. The molecule has 3 rings (SSSR count). The molecule has 0 spiro atoms. The van der Waals surface area contributed by atoms with E-state index >= 15 is 0 Å². The number of Topliss-reactive ketones (excluding diaryl/α,β-unsaturated/α-hetero) is 2. The van der Waals surface area contributed by atoms with E-state index in [1.807, 2.05) is 0 Å². The third kappa shape index (κ3) is 1.03. The first-order chi connectivity index (χ1) is 7.65. The summed E-state index contributed by atoms with van der Waals surface area (Å²) >= 11 is 0. The van der Waals surface area contributed by atoms with Gasteiger partial charge in [0.25, 0.3) is 0 Å². The van der Waals surface area contributed by atoms with Crippen LogP contribution in [0, 0.1) is 46.8 Å². The van der Waals surface area contributed by atoms with Crippen LogP contribution in [-0.2, 0) is 9.59 Å². The third-order valence-corrected chi connectivity index (χ3v) is 4.97. The van der Waals surface area contributed by atoms with Crippen molar-refractivity contribution in [3.63, 3.8) is 0 Å². The number of hydrogen-bond donors (Lipinski definition) is 0. The predicted octanol–water partition coefficient (Wildman–Crippen LogP) is 1.58. The number of nitrogens with zero attached hydrogens (tertiary/aromatic N) is 1. The van der Waals surface area contributed by atoms with Crippen molar-refractivity contribution in [3.05, 3.63) is 0 Å². The molecule has 0 radical (unpaired) electrons. The molecule has 0 aromatic carbocycles. The van der Waals surface area contributed by atoms with Gasteiger partial charge < -0.3 is 0 Å². The highest BCUT2D eigenvalue weighted by Gasteiger charge is 2.62. The Kier molecular flexibility index (Phi) is 1.98. The molecule has 1 unspecified atom stereocenters. The number of carbonyl (C=O) groups excluding carboxylic acids is 2. The van der Waals surface area contributed by atoms with Crippen LogP contribution < -0.4 is 0 Å². The van der Waals surface area contributed by atoms with Gasteiger partial charge in [0.2, 0.25) is 0 Å². The molecule has 0 aromatic heterocycles. The average Bonchev–Trinajstić information content (AvgIpc) is 2.64. The molecule has 0 aliphatic heterocycles. The van der Waals surface area contributed by atoms with E-state index in [2.05, 4.69) is 6.07 Å². The van der Waals surface area contributed by atoms with Gasteiger partial charge in [-0.05, 0) is 38.0 Å². The second-order valence-electron chi connectivity index (χ2n) is 5.56. The van der Waals surface area contributed by atoms with Gasteiger partial charge >= 0.3 is 0 Å². The molecule has 3 aliphatic carbocycles. The van der Waals surface area contributed by atoms with E-state index in [9.17, 15) is 9.59 Å². The van der Waals surface area contributed by atoms with E-state index in [4.69, 9.17) is 5.26 Å². The zero-order chi connectivity index (χ0) is 11.4. The summed E-state index contributed by atoms with van der Waals surface area (Å²) in [4.78, 5) is 23.9. The van der Waals surface area contributed by atoms with Gasteiger partial charge in [-0.2, -0.15) is 5.26 Å². The molecule has 0 heterocycles. The van der Waals surface area contributed by atoms with Crippen LogP contribution in [0.4, 0.5) is 0 Å². The summed E-state index contributed by atoms with van der Waals surface area (Å²) in [6, 6.07) is 2.32. The topological polar surface area (TPSA) is 57.9 Å². The molecule has 3 fully saturated rings. The molecule has 3 heteroatoms. The van der Waals surface area contributed by atoms with Gasteiger partial charge in [-0.25, -0.2) is 0 Å². The van der Waals surface area contributed by atoms with Crippen LogP contribution in [0.15, 0.2) is 0 Å². The Balaban J connectivity index is 2.06. The summed E-state index contributed by atoms with van der Waals surface area (Å²) in [5.74, 6) is 0.632. The van der Waals surface area contributed by atoms with Crippen molar-refractivity contribution in [1.29, 1.82) is 5.26 Å². The van der Waals surface area contributed by atoms with Gasteiger partial charge in [-0.1, -0.05) is 0 Å². The molecular formula is C13H15NO2. The monoisotopic (exact) mass is 217 g/mol. The SMILES string of the molecule is CC(=O)[C@H]1[C@H]2[C@@H](C#N)CC3CC[C@@H]1C(=O)[C@@H]32. The molecule has 84 valence electrons. The second-order valence-corrected chi connectivity index (χ2v) is 5.56. The van der Waals surface area contributed by atoms with Crippen molar-refractivity contribution >= 4 is 11.6 Å². The van der Waals surface area contributed by atoms with Crippen molar-refractivity contribution in [2.24, 2.45) is 35.5 Å². The van der Waals surface area contributed by atoms with Gasteiger partial charge in [0.05, 0.1) is 12.0 Å². The van der Waals surface area contributed by atoms with E-state index in [1.165, 1.54) is 0 Å². The molecule has 2 bridgehead atoms. The summed E-state index contributed by atoms with van der Waals surface area (Å²) in [5, 5.41) is 9.15. The summed E-state index contributed by atoms with van der Waals surface area (Å²) < 4.78 is 0. The van der Waals surface area contributed by atoms with Gasteiger partial charge in [-0.15, -0.1) is 0 Å². The van der Waals surface area contributed by atoms with Crippen LogP contribution in [0.25, 0.3) is 0 Å². The van der Waals surface area contributed by atoms with Crippen molar-refractivity contribution < 1.29 is 9.59 Å². The number of rotatable bonds is 1. The van der Waals surface area contributed by atoms with Gasteiger partial charge in [-0.3, -0.25) is 9.59 Å². The third-order valence-electron chi connectivity index (χ3n) is 4.97. The molecule has 3 saturated carbocycles. The minimum Gasteiger partial charge on any atom is -0.300 e. The summed E-state index contributed by atoms with van der Waals surface area (Å²) in [6.45, 7) is 1.58. The average molecular weight is 217 g/mol.